The van der Waals surface area contributed by atoms with Gasteiger partial charge in [0.1, 0.15) is 34.5 Å². The van der Waals surface area contributed by atoms with Gasteiger partial charge >= 0.3 is 16.5 Å². The third-order valence-corrected chi connectivity index (χ3v) is 9.13. The summed E-state index contributed by atoms with van der Waals surface area (Å²) in [6.45, 7) is 3.93. The molecule has 0 saturated carbocycles. The maximum Gasteiger partial charge on any atom is 0.387 e. The molecule has 0 bridgehead atoms. The Morgan fingerprint density at radius 1 is 0.462 bits per heavy atom. The first-order valence-corrected chi connectivity index (χ1v) is 15.0. The molecule has 1 aliphatic heterocycles. The van der Waals surface area contributed by atoms with Gasteiger partial charge in [-0.25, -0.2) is 0 Å². The Bertz CT molecular complexity index is 1630. The maximum atomic E-state index is 6.52. The summed E-state index contributed by atoms with van der Waals surface area (Å²) < 4.78 is 44.4. The number of benzene rings is 4. The summed E-state index contributed by atoms with van der Waals surface area (Å²) in [7, 11) is -3.60. The van der Waals surface area contributed by atoms with E-state index in [-0.39, 0.29) is 12.2 Å². The minimum absolute atomic E-state index is 0.269. The molecule has 0 aliphatic carbocycles. The molecule has 1 saturated heterocycles. The first kappa shape index (κ1) is 24.6. The smallest absolute Gasteiger partial charge is 0.387 e. The predicted molar refractivity (Wildman–Crippen MR) is 153 cm³/mol. The van der Waals surface area contributed by atoms with Gasteiger partial charge in [0.25, 0.3) is 0 Å². The molecule has 4 aromatic carbocycles. The first-order chi connectivity index (χ1) is 19.1. The van der Waals surface area contributed by atoms with Crippen molar-refractivity contribution in [1.82, 2.24) is 0 Å². The lowest BCUT2D eigenvalue weighted by molar-refractivity contribution is 0.0386. The lowest BCUT2D eigenvalue weighted by Gasteiger charge is -2.19. The molecule has 0 unspecified atom stereocenters. The van der Waals surface area contributed by atoms with Crippen molar-refractivity contribution in [3.63, 3.8) is 0 Å². The Labute approximate surface area is 226 Å². The fourth-order valence-electron chi connectivity index (χ4n) is 5.04. The molecule has 4 atom stereocenters. The van der Waals surface area contributed by atoms with Crippen LogP contribution >= 0.6 is 16.5 Å². The Morgan fingerprint density at radius 3 is 1.05 bits per heavy atom. The summed E-state index contributed by atoms with van der Waals surface area (Å²) in [5.41, 5.74) is 2.83. The van der Waals surface area contributed by atoms with Gasteiger partial charge in [0.05, 0.1) is 12.2 Å². The van der Waals surface area contributed by atoms with Crippen molar-refractivity contribution >= 4 is 60.4 Å². The van der Waals surface area contributed by atoms with Crippen LogP contribution in [0.3, 0.4) is 0 Å². The van der Waals surface area contributed by atoms with Crippen molar-refractivity contribution in [2.24, 2.45) is 0 Å². The molecule has 198 valence electrons. The Kier molecular flexibility index (Phi) is 6.48. The van der Waals surface area contributed by atoms with Gasteiger partial charge in [-0.1, -0.05) is 72.8 Å². The highest BCUT2D eigenvalue weighted by Gasteiger charge is 2.44. The average molecular weight is 560 g/mol. The molecule has 7 nitrogen and oxygen atoms in total. The number of hydrogen-bond acceptors (Lipinski definition) is 7. The molecule has 1 aliphatic rings. The van der Waals surface area contributed by atoms with E-state index >= 15 is 0 Å². The molecule has 39 heavy (non-hydrogen) atoms. The summed E-state index contributed by atoms with van der Waals surface area (Å²) in [4.78, 5) is 0. The van der Waals surface area contributed by atoms with Crippen LogP contribution in [0.25, 0.3) is 43.9 Å². The Balaban J connectivity index is 1.30. The third-order valence-electron chi connectivity index (χ3n) is 6.91. The third kappa shape index (κ3) is 4.67. The van der Waals surface area contributed by atoms with Crippen molar-refractivity contribution in [3.05, 3.63) is 97.1 Å². The minimum Gasteiger partial charge on any atom is -0.399 e. The van der Waals surface area contributed by atoms with E-state index in [0.29, 0.717) is 22.3 Å². The molecule has 0 radical (unpaired) electrons. The van der Waals surface area contributed by atoms with Crippen LogP contribution in [0.5, 0.6) is 0 Å². The minimum atomic E-state index is -1.80. The van der Waals surface area contributed by atoms with Gasteiger partial charge in [-0.05, 0) is 38.1 Å². The fraction of sp³-hybridized carbons (Fsp3) is 0.200. The van der Waals surface area contributed by atoms with Crippen LogP contribution in [0.1, 0.15) is 13.8 Å². The van der Waals surface area contributed by atoms with Gasteiger partial charge in [0.2, 0.25) is 0 Å². The summed E-state index contributed by atoms with van der Waals surface area (Å²) in [6, 6.07) is 31.5. The van der Waals surface area contributed by atoms with Gasteiger partial charge in [0.15, 0.2) is 0 Å². The topological polar surface area (TPSA) is 80.2 Å². The van der Waals surface area contributed by atoms with E-state index in [1.807, 2.05) is 111 Å². The van der Waals surface area contributed by atoms with Crippen molar-refractivity contribution < 1.29 is 30.6 Å². The van der Waals surface area contributed by atoms with E-state index in [1.165, 1.54) is 0 Å². The molecule has 1 fully saturated rings. The second-order valence-electron chi connectivity index (χ2n) is 9.48. The zero-order chi connectivity index (χ0) is 26.3. The fourth-order valence-corrected chi connectivity index (χ4v) is 7.54. The van der Waals surface area contributed by atoms with E-state index in [4.69, 9.17) is 30.6 Å². The monoisotopic (exact) mass is 560 g/mol. The molecule has 3 heterocycles. The predicted octanol–water partition coefficient (Wildman–Crippen LogP) is 9.00. The van der Waals surface area contributed by atoms with Gasteiger partial charge in [-0.3, -0.25) is 9.05 Å². The second-order valence-corrected chi connectivity index (χ2v) is 11.5. The van der Waals surface area contributed by atoms with Crippen LogP contribution in [0.2, 0.25) is 0 Å². The Morgan fingerprint density at radius 2 is 0.744 bits per heavy atom. The number of hydrogen-bond donors (Lipinski definition) is 0. The van der Waals surface area contributed by atoms with Crippen molar-refractivity contribution in [1.29, 1.82) is 0 Å². The van der Waals surface area contributed by atoms with E-state index in [0.717, 1.165) is 21.5 Å². The molecular weight excluding hydrogens is 534 g/mol. The summed E-state index contributed by atoms with van der Waals surface area (Å²) in [5.74, 6) is 0. The van der Waals surface area contributed by atoms with Crippen LogP contribution in [-0.2, 0) is 4.74 Å². The highest BCUT2D eigenvalue weighted by molar-refractivity contribution is 7.32. The molecule has 7 rings (SSSR count). The standard InChI is InChI=1S/C30H26O7P2/c1-19-29(36-38-32-25-15-7-3-11-21(25)22-12-4-8-16-26(22)33-38)30(20(2)31-19)37-39-34-27-17-9-5-13-23(27)24-14-6-10-18-28(24)35-39/h3-20,29-30H,1-2H3/t19-,20-,29+,30+/m1/s1. The summed E-state index contributed by atoms with van der Waals surface area (Å²) in [6.07, 6.45) is -1.50. The zero-order valence-corrected chi connectivity index (χ0v) is 23.1. The van der Waals surface area contributed by atoms with Gasteiger partial charge in [-0.2, -0.15) is 0 Å². The SMILES string of the molecule is C[C@H]1O[C@H](C)[C@H](Op2oc3ccccc3c3ccccc3o2)[C@H]1Op1oc2ccccc2c2ccccc2o1. The number of para-hydroxylation sites is 4. The molecule has 9 heteroatoms. The van der Waals surface area contributed by atoms with E-state index in [2.05, 4.69) is 0 Å². The molecule has 2 aromatic heterocycles. The molecule has 0 N–H and O–H groups in total. The lowest BCUT2D eigenvalue weighted by atomic mass is 10.1. The average Bonchev–Trinajstić information content (AvgIpc) is 3.09. The number of rotatable bonds is 4. The Hall–Kier alpha value is -3.44. The maximum absolute atomic E-state index is 6.52. The van der Waals surface area contributed by atoms with Crippen LogP contribution in [0.4, 0.5) is 0 Å². The molecule has 0 amide bonds. The van der Waals surface area contributed by atoms with Crippen LogP contribution in [0.15, 0.2) is 114 Å². The highest BCUT2D eigenvalue weighted by atomic mass is 31.1. The van der Waals surface area contributed by atoms with Gasteiger partial charge in [0, 0.05) is 21.5 Å². The molecule has 6 aromatic rings. The first-order valence-electron chi connectivity index (χ1n) is 12.8. The number of fused-ring (bicyclic) bond motifs is 6. The highest BCUT2D eigenvalue weighted by Crippen LogP contribution is 2.40. The van der Waals surface area contributed by atoms with Gasteiger partial charge < -0.3 is 21.5 Å². The van der Waals surface area contributed by atoms with E-state index < -0.39 is 28.7 Å². The largest absolute Gasteiger partial charge is 0.399 e. The quantitative estimate of drug-likeness (QED) is 0.213. The molecular formula is C30H26O7P2. The van der Waals surface area contributed by atoms with Crippen molar-refractivity contribution in [2.45, 2.75) is 38.3 Å². The normalized spacial score (nSPS) is 21.2. The van der Waals surface area contributed by atoms with E-state index in [1.54, 1.807) is 0 Å². The van der Waals surface area contributed by atoms with Gasteiger partial charge in [-0.15, -0.1) is 0 Å². The van der Waals surface area contributed by atoms with E-state index in [9.17, 15) is 0 Å². The van der Waals surface area contributed by atoms with Crippen molar-refractivity contribution in [3.8, 4) is 0 Å². The van der Waals surface area contributed by atoms with Crippen LogP contribution < -0.4 is 9.05 Å². The molecule has 0 spiro atoms. The van der Waals surface area contributed by atoms with Crippen LogP contribution in [-0.4, -0.2) is 24.4 Å². The van der Waals surface area contributed by atoms with Crippen molar-refractivity contribution in [2.75, 3.05) is 0 Å². The zero-order valence-electron chi connectivity index (χ0n) is 21.3. The van der Waals surface area contributed by atoms with Crippen LogP contribution in [0, 0.1) is 0 Å². The lowest BCUT2D eigenvalue weighted by Crippen LogP contribution is -2.39. The second kappa shape index (κ2) is 10.3. The summed E-state index contributed by atoms with van der Waals surface area (Å²) in [5, 5.41) is 3.83. The summed E-state index contributed by atoms with van der Waals surface area (Å²) >= 11 is 0. The number of ether oxygens (including phenoxy) is 1.